The molecule has 1 N–H and O–H groups in total. The molecule has 0 aliphatic rings. The quantitative estimate of drug-likeness (QED) is 0.732. The van der Waals surface area contributed by atoms with Gasteiger partial charge in [-0.05, 0) is 38.6 Å². The van der Waals surface area contributed by atoms with Crippen molar-refractivity contribution in [1.29, 1.82) is 0 Å². The van der Waals surface area contributed by atoms with Gasteiger partial charge < -0.3 is 10.0 Å². The van der Waals surface area contributed by atoms with Gasteiger partial charge in [0, 0.05) is 18.4 Å². The van der Waals surface area contributed by atoms with Gasteiger partial charge in [0.2, 0.25) is 0 Å². The highest BCUT2D eigenvalue weighted by atomic mass is 16.3. The molecule has 0 aromatic carbocycles. The molecule has 0 unspecified atom stereocenters. The van der Waals surface area contributed by atoms with E-state index in [-0.39, 0.29) is 6.61 Å². The first kappa shape index (κ1) is 11.1. The minimum atomic E-state index is 0.236. The summed E-state index contributed by atoms with van der Waals surface area (Å²) in [5.41, 5.74) is 1.14. The van der Waals surface area contributed by atoms with Crippen LogP contribution in [0.2, 0.25) is 0 Å². The molecule has 0 radical (unpaired) electrons. The Kier molecular flexibility index (Phi) is 5.19. The van der Waals surface area contributed by atoms with Gasteiger partial charge in [-0.25, -0.2) is 0 Å². The molecule has 0 saturated carbocycles. The summed E-state index contributed by atoms with van der Waals surface area (Å²) in [5.74, 6) is 0. The molecule has 78 valence electrons. The largest absolute Gasteiger partial charge is 0.395 e. The number of hydrogen-bond acceptors (Lipinski definition) is 3. The van der Waals surface area contributed by atoms with Crippen LogP contribution in [0.15, 0.2) is 24.4 Å². The van der Waals surface area contributed by atoms with Gasteiger partial charge in [-0.3, -0.25) is 4.98 Å². The summed E-state index contributed by atoms with van der Waals surface area (Å²) in [6.45, 7) is 2.00. The monoisotopic (exact) mass is 194 g/mol. The van der Waals surface area contributed by atoms with Crippen LogP contribution < -0.4 is 0 Å². The van der Waals surface area contributed by atoms with Crippen molar-refractivity contribution in [1.82, 2.24) is 9.88 Å². The van der Waals surface area contributed by atoms with Crippen LogP contribution in [0.5, 0.6) is 0 Å². The first-order valence-corrected chi connectivity index (χ1v) is 5.02. The number of likely N-dealkylation sites (N-methyl/N-ethyl adjacent to an activating group) is 1. The van der Waals surface area contributed by atoms with E-state index in [2.05, 4.69) is 9.88 Å². The Bertz CT molecular complexity index is 238. The fourth-order valence-corrected chi connectivity index (χ4v) is 1.36. The summed E-state index contributed by atoms with van der Waals surface area (Å²) < 4.78 is 0. The highest BCUT2D eigenvalue weighted by molar-refractivity contribution is 5.03. The molecule has 14 heavy (non-hydrogen) atoms. The van der Waals surface area contributed by atoms with Crippen LogP contribution in [0.4, 0.5) is 0 Å². The SMILES string of the molecule is CN(CCO)CCCc1ccccn1. The van der Waals surface area contributed by atoms with Gasteiger partial charge in [-0.15, -0.1) is 0 Å². The summed E-state index contributed by atoms with van der Waals surface area (Å²) in [6.07, 6.45) is 3.93. The average molecular weight is 194 g/mol. The van der Waals surface area contributed by atoms with Gasteiger partial charge in [-0.2, -0.15) is 0 Å². The zero-order valence-electron chi connectivity index (χ0n) is 8.69. The molecule has 0 saturated heterocycles. The van der Waals surface area contributed by atoms with Crippen LogP contribution in [0.1, 0.15) is 12.1 Å². The molecule has 0 aliphatic carbocycles. The number of aliphatic hydroxyl groups is 1. The van der Waals surface area contributed by atoms with Gasteiger partial charge in [0.15, 0.2) is 0 Å². The van der Waals surface area contributed by atoms with Crippen molar-refractivity contribution in [3.8, 4) is 0 Å². The zero-order chi connectivity index (χ0) is 10.2. The van der Waals surface area contributed by atoms with E-state index >= 15 is 0 Å². The lowest BCUT2D eigenvalue weighted by molar-refractivity contribution is 0.220. The van der Waals surface area contributed by atoms with Crippen LogP contribution in [-0.2, 0) is 6.42 Å². The smallest absolute Gasteiger partial charge is 0.0558 e. The molecule has 0 bridgehead atoms. The lowest BCUT2D eigenvalue weighted by atomic mass is 10.2. The zero-order valence-corrected chi connectivity index (χ0v) is 8.69. The second kappa shape index (κ2) is 6.51. The van der Waals surface area contributed by atoms with Crippen molar-refractivity contribution >= 4 is 0 Å². The second-order valence-electron chi connectivity index (χ2n) is 3.45. The molecule has 1 heterocycles. The lowest BCUT2D eigenvalue weighted by Gasteiger charge is -2.14. The molecule has 0 amide bonds. The van der Waals surface area contributed by atoms with Gasteiger partial charge in [0.25, 0.3) is 0 Å². The van der Waals surface area contributed by atoms with Crippen molar-refractivity contribution in [3.05, 3.63) is 30.1 Å². The lowest BCUT2D eigenvalue weighted by Crippen LogP contribution is -2.23. The van der Waals surface area contributed by atoms with Crippen LogP contribution in [0, 0.1) is 0 Å². The Morgan fingerprint density at radius 2 is 2.21 bits per heavy atom. The predicted molar refractivity (Wildman–Crippen MR) is 57.1 cm³/mol. The molecule has 0 aliphatic heterocycles. The van der Waals surface area contributed by atoms with E-state index in [1.54, 1.807) is 0 Å². The molecular formula is C11H18N2O. The third kappa shape index (κ3) is 4.35. The Morgan fingerprint density at radius 1 is 1.36 bits per heavy atom. The van der Waals surface area contributed by atoms with Gasteiger partial charge in [-0.1, -0.05) is 6.07 Å². The molecule has 0 atom stereocenters. The van der Waals surface area contributed by atoms with E-state index < -0.39 is 0 Å². The normalized spacial score (nSPS) is 10.8. The Balaban J connectivity index is 2.16. The Labute approximate surface area is 85.4 Å². The first-order chi connectivity index (χ1) is 6.83. The maximum Gasteiger partial charge on any atom is 0.0558 e. The highest BCUT2D eigenvalue weighted by Crippen LogP contribution is 1.98. The maximum absolute atomic E-state index is 8.70. The van der Waals surface area contributed by atoms with Crippen molar-refractivity contribution in [2.45, 2.75) is 12.8 Å². The van der Waals surface area contributed by atoms with Crippen molar-refractivity contribution in [2.24, 2.45) is 0 Å². The summed E-state index contributed by atoms with van der Waals surface area (Å²) in [7, 11) is 2.02. The third-order valence-corrected chi connectivity index (χ3v) is 2.18. The molecule has 0 spiro atoms. The molecule has 1 rings (SSSR count). The van der Waals surface area contributed by atoms with E-state index in [9.17, 15) is 0 Å². The predicted octanol–water partition coefficient (Wildman–Crippen LogP) is 0.938. The molecule has 3 heteroatoms. The van der Waals surface area contributed by atoms with Crippen LogP contribution in [-0.4, -0.2) is 41.7 Å². The third-order valence-electron chi connectivity index (χ3n) is 2.18. The number of rotatable bonds is 6. The first-order valence-electron chi connectivity index (χ1n) is 5.02. The number of aliphatic hydroxyl groups excluding tert-OH is 1. The van der Waals surface area contributed by atoms with Crippen molar-refractivity contribution in [3.63, 3.8) is 0 Å². The maximum atomic E-state index is 8.70. The van der Waals surface area contributed by atoms with E-state index in [1.807, 2.05) is 31.4 Å². The second-order valence-corrected chi connectivity index (χ2v) is 3.45. The summed E-state index contributed by atoms with van der Waals surface area (Å²) in [6, 6.07) is 5.99. The number of nitrogens with zero attached hydrogens (tertiary/aromatic N) is 2. The fraction of sp³-hybridized carbons (Fsp3) is 0.545. The summed E-state index contributed by atoms with van der Waals surface area (Å²) in [4.78, 5) is 6.38. The standard InChI is InChI=1S/C11H18N2O/c1-13(9-10-14)8-4-6-11-5-2-3-7-12-11/h2-3,5,7,14H,4,6,8-10H2,1H3. The minimum Gasteiger partial charge on any atom is -0.395 e. The Hall–Kier alpha value is -0.930. The number of hydrogen-bond donors (Lipinski definition) is 1. The average Bonchev–Trinajstić information content (AvgIpc) is 2.20. The van der Waals surface area contributed by atoms with Gasteiger partial charge in [0.05, 0.1) is 6.61 Å². The van der Waals surface area contributed by atoms with E-state index in [0.29, 0.717) is 0 Å². The Morgan fingerprint density at radius 3 is 2.86 bits per heavy atom. The van der Waals surface area contributed by atoms with E-state index in [4.69, 9.17) is 5.11 Å². The van der Waals surface area contributed by atoms with E-state index in [1.165, 1.54) is 0 Å². The number of aryl methyl sites for hydroxylation is 1. The van der Waals surface area contributed by atoms with Gasteiger partial charge in [0.1, 0.15) is 0 Å². The topological polar surface area (TPSA) is 36.4 Å². The molecule has 1 aromatic heterocycles. The summed E-state index contributed by atoms with van der Waals surface area (Å²) >= 11 is 0. The van der Waals surface area contributed by atoms with Crippen LogP contribution >= 0.6 is 0 Å². The number of aromatic nitrogens is 1. The molecular weight excluding hydrogens is 176 g/mol. The molecule has 1 aromatic rings. The fourth-order valence-electron chi connectivity index (χ4n) is 1.36. The molecule has 0 fully saturated rings. The van der Waals surface area contributed by atoms with Crippen molar-refractivity contribution in [2.75, 3.05) is 26.7 Å². The van der Waals surface area contributed by atoms with Crippen LogP contribution in [0.25, 0.3) is 0 Å². The molecule has 3 nitrogen and oxygen atoms in total. The highest BCUT2D eigenvalue weighted by Gasteiger charge is 1.97. The number of pyridine rings is 1. The minimum absolute atomic E-state index is 0.236. The van der Waals surface area contributed by atoms with Gasteiger partial charge >= 0.3 is 0 Å². The van der Waals surface area contributed by atoms with Crippen LogP contribution in [0.3, 0.4) is 0 Å². The van der Waals surface area contributed by atoms with E-state index in [0.717, 1.165) is 31.6 Å². The van der Waals surface area contributed by atoms with Crippen molar-refractivity contribution < 1.29 is 5.11 Å². The summed E-state index contributed by atoms with van der Waals surface area (Å²) in [5, 5.41) is 8.70.